The fourth-order valence-corrected chi connectivity index (χ4v) is 2.99. The maximum atomic E-state index is 13.5. The molecule has 1 aliphatic rings. The van der Waals surface area contributed by atoms with Gasteiger partial charge in [0.25, 0.3) is 0 Å². The lowest BCUT2D eigenvalue weighted by molar-refractivity contribution is 0.136. The van der Waals surface area contributed by atoms with Crippen LogP contribution in [0, 0.1) is 11.7 Å². The van der Waals surface area contributed by atoms with E-state index in [-0.39, 0.29) is 5.82 Å². The standard InChI is InChI=1S/C16H23FO/c17-16-10-6-5-9-14(16)12-15(18)11-13-7-3-1-2-4-8-13/h5-6,9-10,13,15,18H,1-4,7-8,11-12H2. The molecule has 0 spiro atoms. The molecular weight excluding hydrogens is 227 g/mol. The molecule has 0 amide bonds. The van der Waals surface area contributed by atoms with Crippen LogP contribution in [0.5, 0.6) is 0 Å². The Morgan fingerprint density at radius 1 is 1.11 bits per heavy atom. The summed E-state index contributed by atoms with van der Waals surface area (Å²) in [6, 6.07) is 6.76. The van der Waals surface area contributed by atoms with Crippen LogP contribution in [0.1, 0.15) is 50.5 Å². The predicted molar refractivity (Wildman–Crippen MR) is 71.9 cm³/mol. The smallest absolute Gasteiger partial charge is 0.126 e. The van der Waals surface area contributed by atoms with E-state index in [4.69, 9.17) is 0 Å². The van der Waals surface area contributed by atoms with Gasteiger partial charge >= 0.3 is 0 Å². The lowest BCUT2D eigenvalue weighted by atomic mass is 9.91. The third kappa shape index (κ3) is 4.09. The maximum absolute atomic E-state index is 13.5. The van der Waals surface area contributed by atoms with Crippen molar-refractivity contribution in [1.82, 2.24) is 0 Å². The van der Waals surface area contributed by atoms with Gasteiger partial charge in [-0.1, -0.05) is 56.7 Å². The number of hydrogen-bond acceptors (Lipinski definition) is 1. The minimum absolute atomic E-state index is 0.197. The van der Waals surface area contributed by atoms with Gasteiger partial charge in [-0.3, -0.25) is 0 Å². The van der Waals surface area contributed by atoms with Crippen molar-refractivity contribution in [2.45, 2.75) is 57.5 Å². The molecule has 1 aromatic rings. The van der Waals surface area contributed by atoms with Gasteiger partial charge in [-0.2, -0.15) is 0 Å². The van der Waals surface area contributed by atoms with E-state index < -0.39 is 6.10 Å². The van der Waals surface area contributed by atoms with Gasteiger partial charge in [0, 0.05) is 6.42 Å². The minimum Gasteiger partial charge on any atom is -0.393 e. The average molecular weight is 250 g/mol. The fraction of sp³-hybridized carbons (Fsp3) is 0.625. The fourth-order valence-electron chi connectivity index (χ4n) is 2.99. The van der Waals surface area contributed by atoms with E-state index in [0.717, 1.165) is 6.42 Å². The normalized spacial score (nSPS) is 19.4. The summed E-state index contributed by atoms with van der Waals surface area (Å²) >= 11 is 0. The van der Waals surface area contributed by atoms with Gasteiger partial charge in [0.15, 0.2) is 0 Å². The van der Waals surface area contributed by atoms with Gasteiger partial charge in [-0.25, -0.2) is 4.39 Å². The second-order valence-corrected chi connectivity index (χ2v) is 5.54. The van der Waals surface area contributed by atoms with Crippen molar-refractivity contribution in [3.05, 3.63) is 35.6 Å². The Morgan fingerprint density at radius 3 is 2.44 bits per heavy atom. The summed E-state index contributed by atoms with van der Waals surface area (Å²) < 4.78 is 13.5. The summed E-state index contributed by atoms with van der Waals surface area (Å²) in [5.74, 6) is 0.437. The molecule has 1 N–H and O–H groups in total. The van der Waals surface area contributed by atoms with Crippen LogP contribution in [-0.2, 0) is 6.42 Å². The molecule has 100 valence electrons. The Kier molecular flexibility index (Phi) is 5.18. The molecule has 0 aromatic heterocycles. The third-order valence-electron chi connectivity index (χ3n) is 3.99. The molecule has 0 bridgehead atoms. The molecule has 1 aromatic carbocycles. The summed E-state index contributed by atoms with van der Waals surface area (Å²) in [5.41, 5.74) is 0.638. The van der Waals surface area contributed by atoms with E-state index in [0.29, 0.717) is 17.9 Å². The van der Waals surface area contributed by atoms with Crippen molar-refractivity contribution in [1.29, 1.82) is 0 Å². The van der Waals surface area contributed by atoms with Gasteiger partial charge in [0.2, 0.25) is 0 Å². The Bertz CT molecular complexity index is 356. The Hall–Kier alpha value is -0.890. The van der Waals surface area contributed by atoms with Crippen LogP contribution in [0.2, 0.25) is 0 Å². The van der Waals surface area contributed by atoms with Crippen LogP contribution in [0.25, 0.3) is 0 Å². The summed E-state index contributed by atoms with van der Waals surface area (Å²) in [5, 5.41) is 10.1. The number of rotatable bonds is 4. The molecule has 18 heavy (non-hydrogen) atoms. The third-order valence-corrected chi connectivity index (χ3v) is 3.99. The molecule has 0 aliphatic heterocycles. The lowest BCUT2D eigenvalue weighted by Crippen LogP contribution is -2.16. The highest BCUT2D eigenvalue weighted by Gasteiger charge is 2.17. The number of aliphatic hydroxyl groups is 1. The summed E-state index contributed by atoms with van der Waals surface area (Å²) in [6.45, 7) is 0. The zero-order valence-electron chi connectivity index (χ0n) is 10.9. The Balaban J connectivity index is 1.84. The number of halogens is 1. The zero-order chi connectivity index (χ0) is 12.8. The number of aliphatic hydroxyl groups excluding tert-OH is 1. The highest BCUT2D eigenvalue weighted by atomic mass is 19.1. The van der Waals surface area contributed by atoms with Gasteiger partial charge in [-0.15, -0.1) is 0 Å². The quantitative estimate of drug-likeness (QED) is 0.798. The molecule has 1 atom stereocenters. The second-order valence-electron chi connectivity index (χ2n) is 5.54. The molecule has 1 saturated carbocycles. The molecule has 0 heterocycles. The first-order valence-electron chi connectivity index (χ1n) is 7.17. The van der Waals surface area contributed by atoms with Crippen LogP contribution in [-0.4, -0.2) is 11.2 Å². The first kappa shape index (κ1) is 13.5. The molecule has 2 rings (SSSR count). The minimum atomic E-state index is -0.398. The molecular formula is C16H23FO. The number of hydrogen-bond donors (Lipinski definition) is 1. The molecule has 1 fully saturated rings. The Morgan fingerprint density at radius 2 is 1.78 bits per heavy atom. The zero-order valence-corrected chi connectivity index (χ0v) is 10.9. The van der Waals surface area contributed by atoms with Crippen LogP contribution in [0.15, 0.2) is 24.3 Å². The predicted octanol–water partition coefficient (Wildman–Crippen LogP) is 4.09. The van der Waals surface area contributed by atoms with E-state index in [1.54, 1.807) is 12.1 Å². The topological polar surface area (TPSA) is 20.2 Å². The lowest BCUT2D eigenvalue weighted by Gasteiger charge is -2.18. The summed E-state index contributed by atoms with van der Waals surface area (Å²) in [6.07, 6.45) is 8.58. The van der Waals surface area contributed by atoms with E-state index in [2.05, 4.69) is 0 Å². The van der Waals surface area contributed by atoms with E-state index in [9.17, 15) is 9.50 Å². The molecule has 0 saturated heterocycles. The first-order valence-corrected chi connectivity index (χ1v) is 7.17. The molecule has 1 nitrogen and oxygen atoms in total. The van der Waals surface area contributed by atoms with E-state index in [1.165, 1.54) is 44.6 Å². The van der Waals surface area contributed by atoms with Gasteiger partial charge in [-0.05, 0) is 24.0 Å². The monoisotopic (exact) mass is 250 g/mol. The van der Waals surface area contributed by atoms with Gasteiger partial charge in [0.05, 0.1) is 6.10 Å². The van der Waals surface area contributed by atoms with Gasteiger partial charge < -0.3 is 5.11 Å². The molecule has 1 unspecified atom stereocenters. The van der Waals surface area contributed by atoms with Crippen molar-refractivity contribution in [2.24, 2.45) is 5.92 Å². The van der Waals surface area contributed by atoms with Crippen LogP contribution >= 0.6 is 0 Å². The van der Waals surface area contributed by atoms with Crippen LogP contribution < -0.4 is 0 Å². The summed E-state index contributed by atoms with van der Waals surface area (Å²) in [7, 11) is 0. The van der Waals surface area contributed by atoms with E-state index >= 15 is 0 Å². The molecule has 1 aliphatic carbocycles. The van der Waals surface area contributed by atoms with Crippen molar-refractivity contribution < 1.29 is 9.50 Å². The van der Waals surface area contributed by atoms with Gasteiger partial charge in [0.1, 0.15) is 5.82 Å². The van der Waals surface area contributed by atoms with E-state index in [1.807, 2.05) is 6.07 Å². The van der Waals surface area contributed by atoms with Crippen molar-refractivity contribution in [2.75, 3.05) is 0 Å². The maximum Gasteiger partial charge on any atom is 0.126 e. The second kappa shape index (κ2) is 6.89. The summed E-state index contributed by atoms with van der Waals surface area (Å²) in [4.78, 5) is 0. The largest absolute Gasteiger partial charge is 0.393 e. The highest BCUT2D eigenvalue weighted by Crippen LogP contribution is 2.27. The highest BCUT2D eigenvalue weighted by molar-refractivity contribution is 5.18. The molecule has 0 radical (unpaired) electrons. The first-order chi connectivity index (χ1) is 8.75. The van der Waals surface area contributed by atoms with Crippen molar-refractivity contribution in [3.8, 4) is 0 Å². The Labute approximate surface area is 109 Å². The van der Waals surface area contributed by atoms with Crippen molar-refractivity contribution >= 4 is 0 Å². The number of benzene rings is 1. The van der Waals surface area contributed by atoms with Crippen LogP contribution in [0.4, 0.5) is 4.39 Å². The molecule has 2 heteroatoms. The SMILES string of the molecule is OC(Cc1ccccc1F)CC1CCCCCC1. The van der Waals surface area contributed by atoms with Crippen LogP contribution in [0.3, 0.4) is 0 Å². The van der Waals surface area contributed by atoms with Crippen molar-refractivity contribution in [3.63, 3.8) is 0 Å². The average Bonchev–Trinajstić information content (AvgIpc) is 2.61.